The van der Waals surface area contributed by atoms with Crippen LogP contribution in [-0.4, -0.2) is 45.2 Å². The van der Waals surface area contributed by atoms with E-state index >= 15 is 0 Å². The largest absolute Gasteiger partial charge is 0.480 e. The van der Waals surface area contributed by atoms with Crippen LogP contribution < -0.4 is 5.32 Å². The number of amides is 1. The smallest absolute Gasteiger partial charge is 0.326 e. The topological polar surface area (TPSA) is 95.1 Å². The van der Waals surface area contributed by atoms with E-state index < -0.39 is 12.0 Å². The molecule has 17 heavy (non-hydrogen) atoms. The zero-order chi connectivity index (χ0) is 12.7. The summed E-state index contributed by atoms with van der Waals surface area (Å²) in [4.78, 5) is 22.5. The summed E-state index contributed by atoms with van der Waals surface area (Å²) < 4.78 is 0. The molecule has 0 spiro atoms. The third kappa shape index (κ3) is 4.90. The number of nitrogens with zero attached hydrogens (tertiary/aromatic N) is 1. The molecule has 0 bridgehead atoms. The quantitative estimate of drug-likeness (QED) is 0.652. The summed E-state index contributed by atoms with van der Waals surface area (Å²) in [5.74, 6) is -0.624. The van der Waals surface area contributed by atoms with Gasteiger partial charge in [0, 0.05) is 11.9 Å². The molecular weight excluding hydrogens is 242 g/mol. The first-order valence-corrected chi connectivity index (χ1v) is 6.52. The summed E-state index contributed by atoms with van der Waals surface area (Å²) in [7, 11) is 0. The minimum atomic E-state index is -1.00. The Morgan fingerprint density at radius 2 is 2.41 bits per heavy atom. The zero-order valence-corrected chi connectivity index (χ0v) is 10.3. The summed E-state index contributed by atoms with van der Waals surface area (Å²) in [5.41, 5.74) is 0.663. The number of aliphatic carboxylic acids is 1. The molecule has 0 aliphatic carbocycles. The molecule has 1 aromatic heterocycles. The minimum Gasteiger partial charge on any atom is -0.480 e. The SMILES string of the molecule is CSCCC(NC(=O)Cc1ccn[nH]1)C(=O)O. The Hall–Kier alpha value is -1.50. The Labute approximate surface area is 103 Å². The number of carboxylic acid groups (broad SMARTS) is 1. The molecular formula is C10H15N3O3S. The van der Waals surface area contributed by atoms with Gasteiger partial charge in [-0.15, -0.1) is 0 Å². The molecule has 1 aromatic rings. The Balaban J connectivity index is 2.43. The van der Waals surface area contributed by atoms with E-state index in [1.165, 1.54) is 0 Å². The number of hydrogen-bond donors (Lipinski definition) is 3. The Bertz CT molecular complexity index is 367. The molecule has 0 fully saturated rings. The Kier molecular flexibility index (Phi) is 5.55. The van der Waals surface area contributed by atoms with Crippen LogP contribution in [0.1, 0.15) is 12.1 Å². The molecule has 0 aliphatic heterocycles. The maximum Gasteiger partial charge on any atom is 0.326 e. The number of hydrogen-bond acceptors (Lipinski definition) is 4. The lowest BCUT2D eigenvalue weighted by atomic mass is 10.2. The summed E-state index contributed by atoms with van der Waals surface area (Å²) in [6.45, 7) is 0. The average molecular weight is 257 g/mol. The summed E-state index contributed by atoms with van der Waals surface area (Å²) in [6, 6.07) is 0.856. The molecule has 0 aliphatic rings. The van der Waals surface area contributed by atoms with Gasteiger partial charge in [-0.3, -0.25) is 9.89 Å². The Morgan fingerprint density at radius 3 is 2.94 bits per heavy atom. The van der Waals surface area contributed by atoms with Gasteiger partial charge < -0.3 is 10.4 Å². The van der Waals surface area contributed by atoms with Crippen molar-refractivity contribution in [2.75, 3.05) is 12.0 Å². The molecule has 7 heteroatoms. The highest BCUT2D eigenvalue weighted by molar-refractivity contribution is 7.98. The highest BCUT2D eigenvalue weighted by Gasteiger charge is 2.19. The van der Waals surface area contributed by atoms with E-state index in [1.807, 2.05) is 6.26 Å². The predicted molar refractivity (Wildman–Crippen MR) is 64.9 cm³/mol. The fourth-order valence-electron chi connectivity index (χ4n) is 1.29. The molecule has 1 amide bonds. The van der Waals surface area contributed by atoms with Gasteiger partial charge in [0.1, 0.15) is 6.04 Å². The molecule has 1 atom stereocenters. The number of nitrogens with one attached hydrogen (secondary N) is 2. The van der Waals surface area contributed by atoms with E-state index in [-0.39, 0.29) is 12.3 Å². The zero-order valence-electron chi connectivity index (χ0n) is 9.47. The van der Waals surface area contributed by atoms with Gasteiger partial charge in [-0.2, -0.15) is 16.9 Å². The van der Waals surface area contributed by atoms with E-state index in [9.17, 15) is 9.59 Å². The van der Waals surface area contributed by atoms with Crippen LogP contribution in [0.2, 0.25) is 0 Å². The third-order valence-corrected chi connectivity index (χ3v) is 2.80. The number of H-pyrrole nitrogens is 1. The highest BCUT2D eigenvalue weighted by atomic mass is 32.2. The molecule has 1 unspecified atom stereocenters. The van der Waals surface area contributed by atoms with Crippen LogP contribution in [0.3, 0.4) is 0 Å². The van der Waals surface area contributed by atoms with E-state index in [1.54, 1.807) is 24.0 Å². The van der Waals surface area contributed by atoms with Crippen LogP contribution in [0.25, 0.3) is 0 Å². The van der Waals surface area contributed by atoms with Crippen LogP contribution in [0, 0.1) is 0 Å². The summed E-state index contributed by atoms with van der Waals surface area (Å²) in [5, 5.41) is 17.8. The third-order valence-electron chi connectivity index (χ3n) is 2.15. The fourth-order valence-corrected chi connectivity index (χ4v) is 1.77. The minimum absolute atomic E-state index is 0.114. The van der Waals surface area contributed by atoms with E-state index in [0.717, 1.165) is 0 Å². The van der Waals surface area contributed by atoms with Crippen LogP contribution in [-0.2, 0) is 16.0 Å². The van der Waals surface area contributed by atoms with E-state index in [0.29, 0.717) is 17.9 Å². The van der Waals surface area contributed by atoms with Crippen LogP contribution >= 0.6 is 11.8 Å². The second-order valence-electron chi connectivity index (χ2n) is 3.50. The molecule has 0 radical (unpaired) electrons. The molecule has 94 valence electrons. The first kappa shape index (κ1) is 13.6. The number of carboxylic acids is 1. The van der Waals surface area contributed by atoms with Crippen molar-refractivity contribution in [3.8, 4) is 0 Å². The molecule has 3 N–H and O–H groups in total. The number of aromatic amines is 1. The number of carbonyl (C=O) groups excluding carboxylic acids is 1. The van der Waals surface area contributed by atoms with E-state index in [2.05, 4.69) is 15.5 Å². The maximum atomic E-state index is 11.6. The average Bonchev–Trinajstić information content (AvgIpc) is 2.76. The summed E-state index contributed by atoms with van der Waals surface area (Å²) >= 11 is 1.55. The van der Waals surface area contributed by atoms with E-state index in [4.69, 9.17) is 5.11 Å². The molecule has 0 aromatic carbocycles. The molecule has 1 heterocycles. The molecule has 0 saturated carbocycles. The van der Waals surface area contributed by atoms with Gasteiger partial charge in [0.25, 0.3) is 0 Å². The number of carbonyl (C=O) groups is 2. The second kappa shape index (κ2) is 6.95. The van der Waals surface area contributed by atoms with Crippen LogP contribution in [0.5, 0.6) is 0 Å². The van der Waals surface area contributed by atoms with Gasteiger partial charge in [-0.05, 0) is 24.5 Å². The van der Waals surface area contributed by atoms with Crippen molar-refractivity contribution >= 4 is 23.6 Å². The van der Waals surface area contributed by atoms with Crippen molar-refractivity contribution in [2.24, 2.45) is 0 Å². The number of aromatic nitrogens is 2. The van der Waals surface area contributed by atoms with Gasteiger partial charge in [0.15, 0.2) is 0 Å². The highest BCUT2D eigenvalue weighted by Crippen LogP contribution is 2.02. The van der Waals surface area contributed by atoms with Crippen molar-refractivity contribution < 1.29 is 14.7 Å². The lowest BCUT2D eigenvalue weighted by Gasteiger charge is -2.13. The Morgan fingerprint density at radius 1 is 1.65 bits per heavy atom. The molecule has 1 rings (SSSR count). The lowest BCUT2D eigenvalue weighted by Crippen LogP contribution is -2.41. The molecule has 6 nitrogen and oxygen atoms in total. The maximum absolute atomic E-state index is 11.6. The number of rotatable bonds is 7. The van der Waals surface area contributed by atoms with Crippen LogP contribution in [0.15, 0.2) is 12.3 Å². The van der Waals surface area contributed by atoms with Crippen LogP contribution in [0.4, 0.5) is 0 Å². The molecule has 0 saturated heterocycles. The summed E-state index contributed by atoms with van der Waals surface area (Å²) in [6.07, 6.45) is 3.98. The van der Waals surface area contributed by atoms with Gasteiger partial charge in [-0.1, -0.05) is 0 Å². The van der Waals surface area contributed by atoms with Crippen molar-refractivity contribution in [3.63, 3.8) is 0 Å². The predicted octanol–water partition coefficient (Wildman–Crippen LogP) is 0.275. The van der Waals surface area contributed by atoms with Gasteiger partial charge in [0.2, 0.25) is 5.91 Å². The van der Waals surface area contributed by atoms with Gasteiger partial charge >= 0.3 is 5.97 Å². The lowest BCUT2D eigenvalue weighted by molar-refractivity contribution is -0.141. The monoisotopic (exact) mass is 257 g/mol. The second-order valence-corrected chi connectivity index (χ2v) is 4.48. The fraction of sp³-hybridized carbons (Fsp3) is 0.500. The van der Waals surface area contributed by atoms with Gasteiger partial charge in [-0.25, -0.2) is 4.79 Å². The van der Waals surface area contributed by atoms with Crippen molar-refractivity contribution in [1.82, 2.24) is 15.5 Å². The van der Waals surface area contributed by atoms with Gasteiger partial charge in [0.05, 0.1) is 6.42 Å². The first-order chi connectivity index (χ1) is 8.13. The normalized spacial score (nSPS) is 12.1. The first-order valence-electron chi connectivity index (χ1n) is 5.13. The standard InChI is InChI=1S/C10H15N3O3S/c1-17-5-3-8(10(15)16)12-9(14)6-7-2-4-11-13-7/h2,4,8H,3,5-6H2,1H3,(H,11,13)(H,12,14)(H,15,16). The van der Waals surface area contributed by atoms with Crippen molar-refractivity contribution in [3.05, 3.63) is 18.0 Å². The van der Waals surface area contributed by atoms with Crippen molar-refractivity contribution in [1.29, 1.82) is 0 Å². The number of thioether (sulfide) groups is 1. The van der Waals surface area contributed by atoms with Crippen molar-refractivity contribution in [2.45, 2.75) is 18.9 Å².